The van der Waals surface area contributed by atoms with Gasteiger partial charge in [-0.05, 0) is 59.8 Å². The van der Waals surface area contributed by atoms with Gasteiger partial charge in [-0.2, -0.15) is 0 Å². The Morgan fingerprint density at radius 3 is 2.47 bits per heavy atom. The van der Waals surface area contributed by atoms with Crippen molar-refractivity contribution in [1.29, 1.82) is 0 Å². The van der Waals surface area contributed by atoms with Crippen molar-refractivity contribution in [2.45, 2.75) is 31.1 Å². The molecule has 3 amide bonds. The van der Waals surface area contributed by atoms with Crippen LogP contribution in [0, 0.1) is 5.41 Å². The van der Waals surface area contributed by atoms with Gasteiger partial charge in [-0.25, -0.2) is 4.79 Å². The number of anilines is 1. The van der Waals surface area contributed by atoms with E-state index in [9.17, 15) is 24.3 Å². The molecule has 5 rings (SSSR count). The predicted molar refractivity (Wildman–Crippen MR) is 110 cm³/mol. The van der Waals surface area contributed by atoms with Gasteiger partial charge in [-0.15, -0.1) is 0 Å². The Bertz CT molecular complexity index is 1110. The third-order valence-electron chi connectivity index (χ3n) is 6.02. The maximum Gasteiger partial charge on any atom is 0.335 e. The zero-order valence-corrected chi connectivity index (χ0v) is 16.7. The number of aromatic carboxylic acids is 1. The molecule has 1 spiro atoms. The van der Waals surface area contributed by atoms with E-state index in [1.54, 1.807) is 29.2 Å². The van der Waals surface area contributed by atoms with Gasteiger partial charge in [0.2, 0.25) is 11.8 Å². The van der Waals surface area contributed by atoms with Gasteiger partial charge in [-0.3, -0.25) is 19.7 Å². The van der Waals surface area contributed by atoms with Gasteiger partial charge in [0.15, 0.2) is 0 Å². The van der Waals surface area contributed by atoms with Crippen LogP contribution in [-0.4, -0.2) is 28.1 Å². The Kier molecular flexibility index (Phi) is 4.21. The second-order valence-electron chi connectivity index (χ2n) is 8.01. The molecule has 0 aromatic heterocycles. The first-order chi connectivity index (χ1) is 14.4. The predicted octanol–water partition coefficient (Wildman–Crippen LogP) is 3.28. The first kappa shape index (κ1) is 18.9. The fraction of sp³-hybridized carbons (Fsp3) is 0.273. The Balaban J connectivity index is 1.44. The third-order valence-corrected chi connectivity index (χ3v) is 7.05. The van der Waals surface area contributed by atoms with Crippen LogP contribution in [0.15, 0.2) is 42.5 Å². The summed E-state index contributed by atoms with van der Waals surface area (Å²) in [5.41, 5.74) is 3.04. The van der Waals surface area contributed by atoms with E-state index >= 15 is 0 Å². The number of carbonyl (C=O) groups excluding carboxylic acids is 3. The standard InChI is InChI=1S/C22H18N2O5S/c25-18-17(30-21(29)23-18)13-3-1-12(2-4-13)11-24-16-9-14(19(26)27)5-6-15(16)10-22(7-8-22)20(24)28/h1-6,9,17H,7-8,10-11H2,(H,26,27)(H,23,25,29). The Morgan fingerprint density at radius 1 is 1.13 bits per heavy atom. The van der Waals surface area contributed by atoms with Crippen LogP contribution in [0.4, 0.5) is 10.5 Å². The van der Waals surface area contributed by atoms with E-state index in [-0.39, 0.29) is 28.0 Å². The molecule has 30 heavy (non-hydrogen) atoms. The van der Waals surface area contributed by atoms with Gasteiger partial charge in [0, 0.05) is 5.69 Å². The number of nitrogens with zero attached hydrogens (tertiary/aromatic N) is 1. The minimum Gasteiger partial charge on any atom is -0.478 e. The Morgan fingerprint density at radius 2 is 1.87 bits per heavy atom. The van der Waals surface area contributed by atoms with Crippen LogP contribution < -0.4 is 10.2 Å². The summed E-state index contributed by atoms with van der Waals surface area (Å²) in [6.07, 6.45) is 2.35. The van der Waals surface area contributed by atoms with E-state index in [4.69, 9.17) is 0 Å². The van der Waals surface area contributed by atoms with E-state index in [1.807, 2.05) is 18.2 Å². The minimum absolute atomic E-state index is 0.0398. The fourth-order valence-electron chi connectivity index (χ4n) is 4.19. The highest BCUT2D eigenvalue weighted by atomic mass is 32.2. The average molecular weight is 422 g/mol. The van der Waals surface area contributed by atoms with Crippen LogP contribution in [0.5, 0.6) is 0 Å². The molecule has 1 aliphatic carbocycles. The van der Waals surface area contributed by atoms with Crippen LogP contribution in [0.25, 0.3) is 0 Å². The number of thioether (sulfide) groups is 1. The highest BCUT2D eigenvalue weighted by molar-refractivity contribution is 8.15. The van der Waals surface area contributed by atoms with E-state index in [0.717, 1.165) is 41.3 Å². The van der Waals surface area contributed by atoms with Gasteiger partial charge in [-0.1, -0.05) is 30.3 Å². The molecule has 3 aliphatic rings. The molecule has 2 aromatic rings. The van der Waals surface area contributed by atoms with E-state index in [2.05, 4.69) is 5.32 Å². The molecular formula is C22H18N2O5S. The van der Waals surface area contributed by atoms with Crippen LogP contribution in [0.3, 0.4) is 0 Å². The molecule has 0 bridgehead atoms. The molecule has 2 heterocycles. The first-order valence-electron chi connectivity index (χ1n) is 9.65. The largest absolute Gasteiger partial charge is 0.478 e. The molecule has 1 saturated heterocycles. The zero-order chi connectivity index (χ0) is 21.0. The lowest BCUT2D eigenvalue weighted by atomic mass is 9.88. The second kappa shape index (κ2) is 6.70. The first-order valence-corrected chi connectivity index (χ1v) is 10.5. The smallest absolute Gasteiger partial charge is 0.335 e. The van der Waals surface area contributed by atoms with Crippen molar-refractivity contribution in [3.05, 3.63) is 64.7 Å². The number of carboxylic acids is 1. The molecule has 1 unspecified atom stereocenters. The lowest BCUT2D eigenvalue weighted by Gasteiger charge is -2.35. The number of imide groups is 1. The highest BCUT2D eigenvalue weighted by Crippen LogP contribution is 2.54. The Hall–Kier alpha value is -3.13. The monoisotopic (exact) mass is 422 g/mol. The fourth-order valence-corrected chi connectivity index (χ4v) is 5.02. The van der Waals surface area contributed by atoms with Gasteiger partial charge in [0.25, 0.3) is 5.24 Å². The number of amides is 3. The van der Waals surface area contributed by atoms with Crippen LogP contribution in [0.2, 0.25) is 0 Å². The SMILES string of the molecule is O=C1NC(=O)C(c2ccc(CN3C(=O)C4(CC4)Cc4ccc(C(=O)O)cc43)cc2)S1. The van der Waals surface area contributed by atoms with Gasteiger partial charge < -0.3 is 10.0 Å². The maximum absolute atomic E-state index is 13.2. The molecule has 152 valence electrons. The maximum atomic E-state index is 13.2. The molecule has 2 aliphatic heterocycles. The summed E-state index contributed by atoms with van der Waals surface area (Å²) >= 11 is 0.952. The molecule has 1 saturated carbocycles. The summed E-state index contributed by atoms with van der Waals surface area (Å²) in [4.78, 5) is 49.6. The molecule has 0 radical (unpaired) electrons. The van der Waals surface area contributed by atoms with Crippen LogP contribution >= 0.6 is 11.8 Å². The molecule has 8 heteroatoms. The normalized spacial score (nSPS) is 21.5. The third kappa shape index (κ3) is 3.08. The van der Waals surface area contributed by atoms with Crippen molar-refractivity contribution in [2.24, 2.45) is 5.41 Å². The van der Waals surface area contributed by atoms with Gasteiger partial charge in [0.1, 0.15) is 5.25 Å². The summed E-state index contributed by atoms with van der Waals surface area (Å²) in [5, 5.41) is 10.7. The van der Waals surface area contributed by atoms with Crippen LogP contribution in [0.1, 0.15) is 45.1 Å². The molecule has 2 fully saturated rings. The average Bonchev–Trinajstić information content (AvgIpc) is 3.41. The minimum atomic E-state index is -1.02. The Labute approximate surface area is 176 Å². The summed E-state index contributed by atoms with van der Waals surface area (Å²) < 4.78 is 0. The van der Waals surface area contributed by atoms with Crippen molar-refractivity contribution < 1.29 is 24.3 Å². The van der Waals surface area contributed by atoms with Gasteiger partial charge in [0.05, 0.1) is 17.5 Å². The number of carbonyl (C=O) groups is 4. The molecule has 2 aromatic carbocycles. The van der Waals surface area contributed by atoms with Gasteiger partial charge >= 0.3 is 5.97 Å². The number of hydrogen-bond acceptors (Lipinski definition) is 5. The summed E-state index contributed by atoms with van der Waals surface area (Å²) in [6.45, 7) is 0.319. The van der Waals surface area contributed by atoms with Crippen molar-refractivity contribution in [3.8, 4) is 0 Å². The topological polar surface area (TPSA) is 104 Å². The van der Waals surface area contributed by atoms with Crippen molar-refractivity contribution >= 4 is 40.5 Å². The molecule has 7 nitrogen and oxygen atoms in total. The van der Waals surface area contributed by atoms with E-state index in [0.29, 0.717) is 18.7 Å². The second-order valence-corrected chi connectivity index (χ2v) is 9.09. The molecular weight excluding hydrogens is 404 g/mol. The van der Waals surface area contributed by atoms with Crippen molar-refractivity contribution in [3.63, 3.8) is 0 Å². The van der Waals surface area contributed by atoms with E-state index in [1.165, 1.54) is 0 Å². The summed E-state index contributed by atoms with van der Waals surface area (Å²) in [7, 11) is 0. The number of fused-ring (bicyclic) bond motifs is 1. The number of rotatable bonds is 4. The molecule has 2 N–H and O–H groups in total. The van der Waals surface area contributed by atoms with Crippen molar-refractivity contribution in [2.75, 3.05) is 4.90 Å². The number of carboxylic acid groups (broad SMARTS) is 1. The van der Waals surface area contributed by atoms with Crippen LogP contribution in [-0.2, 0) is 22.6 Å². The van der Waals surface area contributed by atoms with Crippen molar-refractivity contribution in [1.82, 2.24) is 5.32 Å². The quantitative estimate of drug-likeness (QED) is 0.784. The number of benzene rings is 2. The lowest BCUT2D eigenvalue weighted by molar-refractivity contribution is -0.124. The number of nitrogens with one attached hydrogen (secondary N) is 1. The van der Waals surface area contributed by atoms with E-state index < -0.39 is 11.2 Å². The zero-order valence-electron chi connectivity index (χ0n) is 15.9. The lowest BCUT2D eigenvalue weighted by Crippen LogP contribution is -2.42. The molecule has 1 atom stereocenters. The summed E-state index contributed by atoms with van der Waals surface area (Å²) in [6, 6.07) is 12.2. The summed E-state index contributed by atoms with van der Waals surface area (Å²) in [5.74, 6) is -1.31. The highest BCUT2D eigenvalue weighted by Gasteiger charge is 2.54. The number of hydrogen-bond donors (Lipinski definition) is 2.